The Bertz CT molecular complexity index is 1840. The van der Waals surface area contributed by atoms with Gasteiger partial charge in [-0.3, -0.25) is 29.0 Å². The maximum atomic E-state index is 14.9. The Kier molecular flexibility index (Phi) is 5.97. The average molecular weight is 661 g/mol. The van der Waals surface area contributed by atoms with E-state index >= 15 is 0 Å². The lowest BCUT2D eigenvalue weighted by molar-refractivity contribution is -0.209. The third kappa shape index (κ3) is 2.93. The monoisotopic (exact) mass is 660 g/mol. The van der Waals surface area contributed by atoms with Gasteiger partial charge < -0.3 is 35.8 Å². The minimum absolute atomic E-state index is 0.0967. The molecule has 8 atom stereocenters. The summed E-state index contributed by atoms with van der Waals surface area (Å²) < 4.78 is 0. The number of aliphatic hydroxyl groups excluding tert-OH is 2. The van der Waals surface area contributed by atoms with Crippen molar-refractivity contribution in [3.63, 3.8) is 0 Å². The largest absolute Gasteiger partial charge is 0.394 e. The van der Waals surface area contributed by atoms with Crippen molar-refractivity contribution in [3.05, 3.63) is 71.4 Å². The smallest absolute Gasteiger partial charge is 0.279 e. The minimum Gasteiger partial charge on any atom is -0.394 e. The summed E-state index contributed by atoms with van der Waals surface area (Å²) in [7, 11) is 2.91. The summed E-state index contributed by atoms with van der Waals surface area (Å²) in [5.74, 6) is -2.73. The van der Waals surface area contributed by atoms with E-state index in [1.165, 1.54) is 28.6 Å². The zero-order valence-corrected chi connectivity index (χ0v) is 27.3. The number of nitrogens with one attached hydrogen (secondary N) is 2. The Morgan fingerprint density at radius 3 is 2.13 bits per heavy atom. The first-order valence-corrected chi connectivity index (χ1v) is 16.8. The fraction of sp³-hybridized carbons (Fsp3) is 0.455. The number of hydrogen-bond donors (Lipinski definition) is 5. The number of amides is 4. The second-order valence-electron chi connectivity index (χ2n) is 13.5. The van der Waals surface area contributed by atoms with Crippen LogP contribution < -0.4 is 10.6 Å². The van der Waals surface area contributed by atoms with Gasteiger partial charge in [0.2, 0.25) is 0 Å². The standard InChI is InChI=1S/C33H36N6O7S/c1-16(2)33(47-5)29(45)38-21(23(41)37(33)4)14-30(17-10-6-8-12-19(17)34-26(30)38)31-18-11-7-9-13-20(18)35-27(31)39-24(42)22(15-40)36(3)28(44)32(39,46)25(31)43/h6-14,16,22,25-27,34-35,40,43,46H,15H2,1-5H3/t22-,25-,26+,27-,30?,31?,32-,33-/m0/s1. The second-order valence-corrected chi connectivity index (χ2v) is 14.5. The van der Waals surface area contributed by atoms with Gasteiger partial charge in [-0.15, -0.1) is 11.8 Å². The fourth-order valence-corrected chi connectivity index (χ4v) is 10.7. The molecule has 0 aromatic heterocycles. The van der Waals surface area contributed by atoms with Crippen LogP contribution in [0.2, 0.25) is 0 Å². The van der Waals surface area contributed by atoms with Crippen LogP contribution in [0.15, 0.2) is 60.3 Å². The zero-order valence-electron chi connectivity index (χ0n) is 26.5. The number of carbonyl (C=O) groups is 4. The normalized spacial score (nSPS) is 38.1. The van der Waals surface area contributed by atoms with Gasteiger partial charge in [-0.25, -0.2) is 0 Å². The Morgan fingerprint density at radius 2 is 1.51 bits per heavy atom. The second kappa shape index (κ2) is 9.28. The molecule has 5 N–H and O–H groups in total. The number of thioether (sulfide) groups is 1. The Morgan fingerprint density at radius 1 is 0.915 bits per heavy atom. The van der Waals surface area contributed by atoms with Crippen LogP contribution in [0.4, 0.5) is 11.4 Å². The van der Waals surface area contributed by atoms with Crippen LogP contribution in [0, 0.1) is 5.92 Å². The molecule has 0 aliphatic carbocycles. The Labute approximate surface area is 275 Å². The quantitative estimate of drug-likeness (QED) is 0.302. The van der Waals surface area contributed by atoms with Gasteiger partial charge in [-0.05, 0) is 41.5 Å². The summed E-state index contributed by atoms with van der Waals surface area (Å²) in [6, 6.07) is 13.1. The molecule has 3 saturated heterocycles. The molecule has 13 nitrogen and oxygen atoms in total. The van der Waals surface area contributed by atoms with Crippen LogP contribution >= 0.6 is 11.8 Å². The lowest BCUT2D eigenvalue weighted by atomic mass is 9.54. The van der Waals surface area contributed by atoms with Crippen LogP contribution in [-0.2, 0) is 30.0 Å². The molecule has 2 unspecified atom stereocenters. The fourth-order valence-electron chi connectivity index (χ4n) is 9.63. The predicted octanol–water partition coefficient (Wildman–Crippen LogP) is 0.00360. The number of aliphatic hydroxyl groups is 3. The van der Waals surface area contributed by atoms with Crippen molar-refractivity contribution >= 4 is 46.8 Å². The number of piperazine rings is 2. The van der Waals surface area contributed by atoms with Gasteiger partial charge in [-0.2, -0.15) is 0 Å². The van der Waals surface area contributed by atoms with E-state index < -0.39 is 70.2 Å². The molecule has 0 saturated carbocycles. The summed E-state index contributed by atoms with van der Waals surface area (Å²) in [5, 5.41) is 42.4. The predicted molar refractivity (Wildman–Crippen MR) is 171 cm³/mol. The SMILES string of the molecule is CS[C@@]1(C(C)C)C(=O)N2C(=CC3(C45c6ccccc6N[C@H]4N4C(=O)[C@H](CO)N(C)C(=O)[C@@]4(O)[C@H]5O)c4ccccc4N[C@H]23)C(=O)N1C. The molecular weight excluding hydrogens is 624 g/mol. The lowest BCUT2D eigenvalue weighted by Gasteiger charge is -2.52. The van der Waals surface area contributed by atoms with E-state index in [0.29, 0.717) is 22.5 Å². The van der Waals surface area contributed by atoms with Gasteiger partial charge in [0.1, 0.15) is 30.2 Å². The number of nitrogens with zero attached hydrogens (tertiary/aromatic N) is 4. The molecule has 14 heteroatoms. The van der Waals surface area contributed by atoms with Crippen LogP contribution in [0.25, 0.3) is 0 Å². The molecule has 246 valence electrons. The van der Waals surface area contributed by atoms with Crippen LogP contribution in [0.1, 0.15) is 25.0 Å². The van der Waals surface area contributed by atoms with E-state index in [-0.39, 0.29) is 17.5 Å². The van der Waals surface area contributed by atoms with Gasteiger partial charge >= 0.3 is 0 Å². The zero-order chi connectivity index (χ0) is 33.6. The van der Waals surface area contributed by atoms with E-state index in [1.54, 1.807) is 43.6 Å². The lowest BCUT2D eigenvalue weighted by Crippen LogP contribution is -2.73. The molecule has 0 radical (unpaired) electrons. The highest BCUT2D eigenvalue weighted by molar-refractivity contribution is 8.00. The number of carbonyl (C=O) groups excluding carboxylic acids is 4. The summed E-state index contributed by atoms with van der Waals surface area (Å²) in [6.45, 7) is 3.07. The van der Waals surface area contributed by atoms with Gasteiger partial charge in [0.25, 0.3) is 29.4 Å². The number of likely N-dealkylation sites (N-methyl/N-ethyl adjacent to an activating group) is 2. The topological polar surface area (TPSA) is 166 Å². The van der Waals surface area contributed by atoms with E-state index in [4.69, 9.17) is 0 Å². The van der Waals surface area contributed by atoms with Gasteiger partial charge in [0.05, 0.1) is 17.4 Å². The molecule has 2 aromatic rings. The molecule has 6 aliphatic heterocycles. The summed E-state index contributed by atoms with van der Waals surface area (Å²) in [4.78, 5) is 61.3. The summed E-state index contributed by atoms with van der Waals surface area (Å²) in [5.41, 5.74) is -3.62. The third-order valence-corrected chi connectivity index (χ3v) is 13.2. The molecule has 3 fully saturated rings. The van der Waals surface area contributed by atoms with E-state index in [9.17, 15) is 34.5 Å². The van der Waals surface area contributed by atoms with Gasteiger partial charge in [0, 0.05) is 25.5 Å². The van der Waals surface area contributed by atoms with Gasteiger partial charge in [-0.1, -0.05) is 50.2 Å². The number of hydrogen-bond acceptors (Lipinski definition) is 10. The van der Waals surface area contributed by atoms with E-state index in [1.807, 2.05) is 38.1 Å². The number of anilines is 2. The van der Waals surface area contributed by atoms with Crippen molar-refractivity contribution in [1.82, 2.24) is 19.6 Å². The highest BCUT2D eigenvalue weighted by Crippen LogP contribution is 2.69. The van der Waals surface area contributed by atoms with Crippen LogP contribution in [0.3, 0.4) is 0 Å². The van der Waals surface area contributed by atoms with E-state index in [0.717, 1.165) is 9.80 Å². The maximum Gasteiger partial charge on any atom is 0.279 e. The molecule has 0 spiro atoms. The number of fused-ring (bicyclic) bond motifs is 11. The first-order chi connectivity index (χ1) is 22.3. The molecule has 4 amide bonds. The van der Waals surface area contributed by atoms with Crippen molar-refractivity contribution in [2.24, 2.45) is 5.92 Å². The summed E-state index contributed by atoms with van der Waals surface area (Å²) >= 11 is 1.28. The number of para-hydroxylation sites is 2. The molecule has 47 heavy (non-hydrogen) atoms. The Hall–Kier alpha value is -4.11. The first kappa shape index (κ1) is 30.2. The number of rotatable bonds is 4. The van der Waals surface area contributed by atoms with Crippen molar-refractivity contribution in [3.8, 4) is 0 Å². The molecule has 6 aliphatic rings. The van der Waals surface area contributed by atoms with Crippen molar-refractivity contribution in [2.75, 3.05) is 37.6 Å². The summed E-state index contributed by atoms with van der Waals surface area (Å²) in [6.07, 6.45) is -0.728. The highest BCUT2D eigenvalue weighted by atomic mass is 32.2. The first-order valence-electron chi connectivity index (χ1n) is 15.6. The minimum atomic E-state index is -2.76. The third-order valence-electron chi connectivity index (χ3n) is 11.6. The van der Waals surface area contributed by atoms with Crippen LogP contribution in [0.5, 0.6) is 0 Å². The van der Waals surface area contributed by atoms with Gasteiger partial charge in [0.15, 0.2) is 4.87 Å². The van der Waals surface area contributed by atoms with Crippen LogP contribution in [-0.4, -0.2) is 121 Å². The molecule has 2 aromatic carbocycles. The van der Waals surface area contributed by atoms with Crippen molar-refractivity contribution < 1.29 is 34.5 Å². The maximum absolute atomic E-state index is 14.9. The average Bonchev–Trinajstić information content (AvgIpc) is 3.73. The highest BCUT2D eigenvalue weighted by Gasteiger charge is 2.85. The Balaban J connectivity index is 1.48. The molecule has 0 bridgehead atoms. The van der Waals surface area contributed by atoms with Crippen molar-refractivity contribution in [1.29, 1.82) is 0 Å². The molecular formula is C33H36N6O7S. The van der Waals surface area contributed by atoms with E-state index in [2.05, 4.69) is 10.6 Å². The van der Waals surface area contributed by atoms with Crippen molar-refractivity contribution in [2.45, 2.75) is 59.8 Å². The number of benzene rings is 2. The molecule has 6 heterocycles. The molecule has 8 rings (SSSR count).